The van der Waals surface area contributed by atoms with Gasteiger partial charge in [0.2, 0.25) is 0 Å². The van der Waals surface area contributed by atoms with Crippen LogP contribution in [0.4, 0.5) is 0 Å². The molecule has 0 fully saturated rings. The van der Waals surface area contributed by atoms with Gasteiger partial charge in [-0.2, -0.15) is 0 Å². The summed E-state index contributed by atoms with van der Waals surface area (Å²) < 4.78 is 0. The van der Waals surface area contributed by atoms with Crippen molar-refractivity contribution in [3.63, 3.8) is 0 Å². The Labute approximate surface area is 113 Å². The molecule has 0 N–H and O–H groups in total. The number of carbonyl (C=O) groups excluding carboxylic acids is 1. The molecule has 0 radical (unpaired) electrons. The summed E-state index contributed by atoms with van der Waals surface area (Å²) in [6, 6.07) is 17.0. The predicted octanol–water partition coefficient (Wildman–Crippen LogP) is 3.31. The van der Waals surface area contributed by atoms with Gasteiger partial charge >= 0.3 is 0 Å². The quantitative estimate of drug-likeness (QED) is 0.756. The van der Waals surface area contributed by atoms with E-state index in [-0.39, 0.29) is 5.92 Å². The van der Waals surface area contributed by atoms with Crippen molar-refractivity contribution in [1.29, 1.82) is 0 Å². The molecule has 2 aliphatic carbocycles. The average molecular weight is 248 g/mol. The van der Waals surface area contributed by atoms with Gasteiger partial charge in [0, 0.05) is 12.3 Å². The van der Waals surface area contributed by atoms with Crippen LogP contribution in [0, 0.1) is 5.92 Å². The van der Waals surface area contributed by atoms with Crippen LogP contribution in [0.2, 0.25) is 0 Å². The van der Waals surface area contributed by atoms with Gasteiger partial charge in [-0.3, -0.25) is 4.79 Å². The van der Waals surface area contributed by atoms with Crippen molar-refractivity contribution < 1.29 is 4.79 Å². The number of hydrogen-bond acceptors (Lipinski definition) is 1. The molecule has 2 aromatic rings. The van der Waals surface area contributed by atoms with E-state index in [2.05, 4.69) is 42.5 Å². The van der Waals surface area contributed by atoms with Crippen LogP contribution >= 0.6 is 0 Å². The van der Waals surface area contributed by atoms with Gasteiger partial charge in [-0.15, -0.1) is 0 Å². The molecule has 19 heavy (non-hydrogen) atoms. The monoisotopic (exact) mass is 248 g/mol. The summed E-state index contributed by atoms with van der Waals surface area (Å²) in [5.41, 5.74) is 5.40. The first-order chi connectivity index (χ1) is 9.33. The highest BCUT2D eigenvalue weighted by Crippen LogP contribution is 2.42. The molecule has 1 heteroatoms. The summed E-state index contributed by atoms with van der Waals surface area (Å²) in [6.07, 6.45) is 2.75. The van der Waals surface area contributed by atoms with Gasteiger partial charge in [0.15, 0.2) is 0 Å². The molecule has 0 saturated heterocycles. The highest BCUT2D eigenvalue weighted by atomic mass is 16.1. The summed E-state index contributed by atoms with van der Waals surface area (Å²) in [5, 5.41) is 0. The molecule has 94 valence electrons. The summed E-state index contributed by atoms with van der Waals surface area (Å²) in [7, 11) is 0. The molecule has 0 bridgehead atoms. The lowest BCUT2D eigenvalue weighted by atomic mass is 9.84. The van der Waals surface area contributed by atoms with Gasteiger partial charge < -0.3 is 0 Å². The standard InChI is InChI=1S/C18H16O/c19-17-11-14-7-3-4-8-16(14)18(17)15-9-12-5-1-2-6-13(12)10-15/h1-8,15,18H,9-11H2. The number of rotatable bonds is 1. The van der Waals surface area contributed by atoms with Crippen molar-refractivity contribution in [2.45, 2.75) is 25.2 Å². The fourth-order valence-electron chi connectivity index (χ4n) is 3.82. The van der Waals surface area contributed by atoms with Crippen LogP contribution in [0.1, 0.15) is 28.2 Å². The Morgan fingerprint density at radius 1 is 0.789 bits per heavy atom. The van der Waals surface area contributed by atoms with Gasteiger partial charge in [-0.25, -0.2) is 0 Å². The molecule has 0 spiro atoms. The molecule has 0 saturated carbocycles. The number of fused-ring (bicyclic) bond motifs is 2. The first-order valence-electron chi connectivity index (χ1n) is 7.00. The maximum Gasteiger partial charge on any atom is 0.145 e. The second-order valence-electron chi connectivity index (χ2n) is 5.76. The molecule has 0 heterocycles. The molecule has 2 aliphatic rings. The third-order valence-corrected chi connectivity index (χ3v) is 4.66. The Morgan fingerprint density at radius 2 is 1.37 bits per heavy atom. The van der Waals surface area contributed by atoms with E-state index < -0.39 is 0 Å². The molecule has 1 unspecified atom stereocenters. The zero-order chi connectivity index (χ0) is 12.8. The summed E-state index contributed by atoms with van der Waals surface area (Å²) >= 11 is 0. The predicted molar refractivity (Wildman–Crippen MR) is 75.2 cm³/mol. The Bertz CT molecular complexity index is 631. The van der Waals surface area contributed by atoms with E-state index in [1.807, 2.05) is 6.07 Å². The molecule has 0 aromatic heterocycles. The Balaban J connectivity index is 1.70. The fraction of sp³-hybridized carbons (Fsp3) is 0.278. The minimum Gasteiger partial charge on any atom is -0.299 e. The minimum atomic E-state index is 0.128. The highest BCUT2D eigenvalue weighted by molar-refractivity contribution is 5.93. The second kappa shape index (κ2) is 4.06. The molecular weight excluding hydrogens is 232 g/mol. The first-order valence-corrected chi connectivity index (χ1v) is 7.00. The smallest absolute Gasteiger partial charge is 0.145 e. The van der Waals surface area contributed by atoms with E-state index in [1.165, 1.54) is 22.3 Å². The summed E-state index contributed by atoms with van der Waals surface area (Å²) in [5.74, 6) is 1.01. The van der Waals surface area contributed by atoms with E-state index in [1.54, 1.807) is 0 Å². The Hall–Kier alpha value is -1.89. The van der Waals surface area contributed by atoms with Crippen LogP contribution < -0.4 is 0 Å². The molecule has 0 aliphatic heterocycles. The number of hydrogen-bond donors (Lipinski definition) is 0. The van der Waals surface area contributed by atoms with Crippen molar-refractivity contribution in [2.75, 3.05) is 0 Å². The fourth-order valence-corrected chi connectivity index (χ4v) is 3.82. The van der Waals surface area contributed by atoms with Gasteiger partial charge in [0.05, 0.1) is 0 Å². The van der Waals surface area contributed by atoms with E-state index in [0.29, 0.717) is 18.1 Å². The van der Waals surface area contributed by atoms with Crippen LogP contribution in [0.15, 0.2) is 48.5 Å². The van der Waals surface area contributed by atoms with E-state index in [4.69, 9.17) is 0 Å². The summed E-state index contributed by atoms with van der Waals surface area (Å²) in [4.78, 5) is 12.4. The molecule has 1 atom stereocenters. The van der Waals surface area contributed by atoms with Crippen molar-refractivity contribution in [3.8, 4) is 0 Å². The van der Waals surface area contributed by atoms with Crippen molar-refractivity contribution in [1.82, 2.24) is 0 Å². The zero-order valence-electron chi connectivity index (χ0n) is 10.8. The minimum absolute atomic E-state index is 0.128. The second-order valence-corrected chi connectivity index (χ2v) is 5.76. The Kier molecular flexibility index (Phi) is 2.34. The maximum absolute atomic E-state index is 12.4. The van der Waals surface area contributed by atoms with Gasteiger partial charge in [-0.05, 0) is 41.0 Å². The SMILES string of the molecule is O=C1Cc2ccccc2C1C1Cc2ccccc2C1. The van der Waals surface area contributed by atoms with Gasteiger partial charge in [0.1, 0.15) is 5.78 Å². The average Bonchev–Trinajstić information content (AvgIpc) is 2.97. The zero-order valence-corrected chi connectivity index (χ0v) is 10.8. The lowest BCUT2D eigenvalue weighted by molar-refractivity contribution is -0.120. The van der Waals surface area contributed by atoms with Crippen LogP contribution in [0.25, 0.3) is 0 Å². The third kappa shape index (κ3) is 1.65. The van der Waals surface area contributed by atoms with Gasteiger partial charge in [0.25, 0.3) is 0 Å². The molecule has 4 rings (SSSR count). The van der Waals surface area contributed by atoms with Crippen LogP contribution in [0.3, 0.4) is 0 Å². The van der Waals surface area contributed by atoms with Crippen molar-refractivity contribution in [2.24, 2.45) is 5.92 Å². The number of benzene rings is 2. The number of ketones is 1. The third-order valence-electron chi connectivity index (χ3n) is 4.66. The van der Waals surface area contributed by atoms with Crippen LogP contribution in [-0.2, 0) is 24.1 Å². The van der Waals surface area contributed by atoms with E-state index >= 15 is 0 Å². The van der Waals surface area contributed by atoms with Crippen molar-refractivity contribution >= 4 is 5.78 Å². The first kappa shape index (κ1) is 11.0. The number of Topliss-reactive ketones (excluding diaryl/α,β-unsaturated/α-hetero) is 1. The molecule has 2 aromatic carbocycles. The molecule has 0 amide bonds. The maximum atomic E-state index is 12.4. The Morgan fingerprint density at radius 3 is 2.05 bits per heavy atom. The molecule has 1 nitrogen and oxygen atoms in total. The van der Waals surface area contributed by atoms with Crippen LogP contribution in [0.5, 0.6) is 0 Å². The van der Waals surface area contributed by atoms with Crippen LogP contribution in [-0.4, -0.2) is 5.78 Å². The topological polar surface area (TPSA) is 17.1 Å². The number of carbonyl (C=O) groups is 1. The molecular formula is C18H16O. The lowest BCUT2D eigenvalue weighted by Gasteiger charge is -2.17. The largest absolute Gasteiger partial charge is 0.299 e. The van der Waals surface area contributed by atoms with Crippen molar-refractivity contribution in [3.05, 3.63) is 70.8 Å². The highest BCUT2D eigenvalue weighted by Gasteiger charge is 2.38. The normalized spacial score (nSPS) is 21.5. The van der Waals surface area contributed by atoms with Gasteiger partial charge in [-0.1, -0.05) is 48.5 Å². The van der Waals surface area contributed by atoms with E-state index in [9.17, 15) is 4.79 Å². The lowest BCUT2D eigenvalue weighted by Crippen LogP contribution is -2.18. The summed E-state index contributed by atoms with van der Waals surface area (Å²) in [6.45, 7) is 0. The van der Waals surface area contributed by atoms with E-state index in [0.717, 1.165) is 12.8 Å².